The first kappa shape index (κ1) is 11.9. The van der Waals surface area contributed by atoms with E-state index in [-0.39, 0.29) is 0 Å². The number of anilines is 1. The maximum Gasteiger partial charge on any atom is 0.142 e. The molecule has 1 heterocycles. The summed E-state index contributed by atoms with van der Waals surface area (Å²) in [5.41, 5.74) is 0.454. The summed E-state index contributed by atoms with van der Waals surface area (Å²) in [6.07, 6.45) is 0. The molecule has 0 spiro atoms. The SMILES string of the molecule is CCSCC(C)Nc1cccc(C#N)n1. The van der Waals surface area contributed by atoms with Gasteiger partial charge in [0.25, 0.3) is 0 Å². The van der Waals surface area contributed by atoms with Crippen LogP contribution in [0.2, 0.25) is 0 Å². The van der Waals surface area contributed by atoms with Crippen LogP contribution in [0.1, 0.15) is 19.5 Å². The Hall–Kier alpha value is -1.21. The van der Waals surface area contributed by atoms with Crippen LogP contribution in [0, 0.1) is 11.3 Å². The molecule has 1 aromatic rings. The number of nitrogens with zero attached hydrogens (tertiary/aromatic N) is 2. The van der Waals surface area contributed by atoms with E-state index in [1.54, 1.807) is 6.07 Å². The molecule has 0 radical (unpaired) electrons. The molecular weight excluding hydrogens is 206 g/mol. The monoisotopic (exact) mass is 221 g/mol. The quantitative estimate of drug-likeness (QED) is 0.830. The van der Waals surface area contributed by atoms with Crippen molar-refractivity contribution in [3.05, 3.63) is 23.9 Å². The van der Waals surface area contributed by atoms with Gasteiger partial charge in [0.15, 0.2) is 0 Å². The first-order valence-electron chi connectivity index (χ1n) is 4.97. The van der Waals surface area contributed by atoms with Crippen molar-refractivity contribution in [3.63, 3.8) is 0 Å². The summed E-state index contributed by atoms with van der Waals surface area (Å²) in [6.45, 7) is 4.26. The van der Waals surface area contributed by atoms with Gasteiger partial charge in [-0.25, -0.2) is 4.98 Å². The van der Waals surface area contributed by atoms with Crippen LogP contribution in [0.4, 0.5) is 5.82 Å². The highest BCUT2D eigenvalue weighted by atomic mass is 32.2. The van der Waals surface area contributed by atoms with E-state index < -0.39 is 0 Å². The van der Waals surface area contributed by atoms with Crippen molar-refractivity contribution in [1.82, 2.24) is 4.98 Å². The first-order valence-corrected chi connectivity index (χ1v) is 6.13. The summed E-state index contributed by atoms with van der Waals surface area (Å²) < 4.78 is 0. The first-order chi connectivity index (χ1) is 7.26. The predicted octanol–water partition coefficient (Wildman–Crippen LogP) is 2.51. The summed E-state index contributed by atoms with van der Waals surface area (Å²) in [5, 5.41) is 12.0. The molecule has 0 saturated carbocycles. The van der Waals surface area contributed by atoms with Crippen molar-refractivity contribution in [2.75, 3.05) is 16.8 Å². The Morgan fingerprint density at radius 1 is 1.60 bits per heavy atom. The third-order valence-electron chi connectivity index (χ3n) is 1.83. The smallest absolute Gasteiger partial charge is 0.142 e. The largest absolute Gasteiger partial charge is 0.367 e. The second-order valence-electron chi connectivity index (χ2n) is 3.22. The maximum atomic E-state index is 8.69. The van der Waals surface area contributed by atoms with Crippen LogP contribution in [0.3, 0.4) is 0 Å². The molecule has 1 rings (SSSR count). The Morgan fingerprint density at radius 3 is 3.07 bits per heavy atom. The molecule has 0 amide bonds. The fraction of sp³-hybridized carbons (Fsp3) is 0.455. The topological polar surface area (TPSA) is 48.7 Å². The van der Waals surface area contributed by atoms with Gasteiger partial charge in [-0.2, -0.15) is 17.0 Å². The summed E-state index contributed by atoms with van der Waals surface area (Å²) in [5.74, 6) is 2.95. The second kappa shape index (κ2) is 6.31. The normalized spacial score (nSPS) is 11.8. The Morgan fingerprint density at radius 2 is 2.40 bits per heavy atom. The molecule has 0 aliphatic carbocycles. The lowest BCUT2D eigenvalue weighted by atomic mass is 10.3. The zero-order valence-corrected chi connectivity index (χ0v) is 9.84. The maximum absolute atomic E-state index is 8.69. The van der Waals surface area contributed by atoms with Crippen LogP contribution in [0.5, 0.6) is 0 Å². The van der Waals surface area contributed by atoms with Gasteiger partial charge in [0.05, 0.1) is 0 Å². The van der Waals surface area contributed by atoms with Crippen molar-refractivity contribution >= 4 is 17.6 Å². The third kappa shape index (κ3) is 4.22. The van der Waals surface area contributed by atoms with Gasteiger partial charge in [0.1, 0.15) is 17.6 Å². The Bertz CT molecular complexity index is 346. The zero-order chi connectivity index (χ0) is 11.1. The lowest BCUT2D eigenvalue weighted by Gasteiger charge is -2.13. The molecule has 15 heavy (non-hydrogen) atoms. The van der Waals surface area contributed by atoms with Crippen LogP contribution in [-0.2, 0) is 0 Å². The number of aromatic nitrogens is 1. The minimum atomic E-state index is 0.372. The highest BCUT2D eigenvalue weighted by Gasteiger charge is 2.02. The third-order valence-corrected chi connectivity index (χ3v) is 2.97. The molecule has 0 bridgehead atoms. The van der Waals surface area contributed by atoms with Crippen LogP contribution >= 0.6 is 11.8 Å². The van der Waals surface area contributed by atoms with E-state index in [2.05, 4.69) is 24.1 Å². The number of rotatable bonds is 5. The molecule has 1 atom stereocenters. The molecule has 4 heteroatoms. The average molecular weight is 221 g/mol. The molecule has 1 aromatic heterocycles. The van der Waals surface area contributed by atoms with E-state index in [4.69, 9.17) is 5.26 Å². The van der Waals surface area contributed by atoms with E-state index >= 15 is 0 Å². The molecule has 1 unspecified atom stereocenters. The van der Waals surface area contributed by atoms with Crippen molar-refractivity contribution in [3.8, 4) is 6.07 Å². The molecule has 3 nitrogen and oxygen atoms in total. The van der Waals surface area contributed by atoms with E-state index in [0.29, 0.717) is 11.7 Å². The van der Waals surface area contributed by atoms with Crippen molar-refractivity contribution in [2.45, 2.75) is 19.9 Å². The van der Waals surface area contributed by atoms with Gasteiger partial charge in [-0.1, -0.05) is 13.0 Å². The number of hydrogen-bond donors (Lipinski definition) is 1. The molecule has 80 valence electrons. The summed E-state index contributed by atoms with van der Waals surface area (Å²) in [4.78, 5) is 4.16. The minimum Gasteiger partial charge on any atom is -0.367 e. The number of nitrogens with one attached hydrogen (secondary N) is 1. The molecule has 0 fully saturated rings. The minimum absolute atomic E-state index is 0.372. The van der Waals surface area contributed by atoms with Crippen molar-refractivity contribution < 1.29 is 0 Å². The van der Waals surface area contributed by atoms with Crippen molar-refractivity contribution in [2.24, 2.45) is 0 Å². The van der Waals surface area contributed by atoms with Gasteiger partial charge < -0.3 is 5.32 Å². The van der Waals surface area contributed by atoms with Gasteiger partial charge in [0, 0.05) is 11.8 Å². The molecule has 1 N–H and O–H groups in total. The van der Waals surface area contributed by atoms with E-state index in [9.17, 15) is 0 Å². The van der Waals surface area contributed by atoms with Crippen LogP contribution in [-0.4, -0.2) is 22.5 Å². The number of hydrogen-bond acceptors (Lipinski definition) is 4. The fourth-order valence-corrected chi connectivity index (χ4v) is 1.84. The fourth-order valence-electron chi connectivity index (χ4n) is 1.17. The Labute approximate surface area is 94.9 Å². The van der Waals surface area contributed by atoms with Gasteiger partial charge in [0.2, 0.25) is 0 Å². The second-order valence-corrected chi connectivity index (χ2v) is 4.54. The predicted molar refractivity (Wildman–Crippen MR) is 65.0 cm³/mol. The van der Waals surface area contributed by atoms with Gasteiger partial charge in [-0.3, -0.25) is 0 Å². The highest BCUT2D eigenvalue weighted by Crippen LogP contribution is 2.09. The van der Waals surface area contributed by atoms with Gasteiger partial charge >= 0.3 is 0 Å². The summed E-state index contributed by atoms with van der Waals surface area (Å²) in [6, 6.07) is 7.83. The van der Waals surface area contributed by atoms with E-state index in [1.165, 1.54) is 0 Å². The summed E-state index contributed by atoms with van der Waals surface area (Å²) >= 11 is 1.89. The Kier molecular flexibility index (Phi) is 4.99. The Balaban J connectivity index is 2.53. The number of thioether (sulfide) groups is 1. The molecule has 0 aliphatic heterocycles. The van der Waals surface area contributed by atoms with E-state index in [1.807, 2.05) is 30.0 Å². The van der Waals surface area contributed by atoms with Gasteiger partial charge in [-0.05, 0) is 24.8 Å². The molecule has 0 saturated heterocycles. The number of pyridine rings is 1. The lowest BCUT2D eigenvalue weighted by Crippen LogP contribution is -2.18. The summed E-state index contributed by atoms with van der Waals surface area (Å²) in [7, 11) is 0. The molecule has 0 aromatic carbocycles. The van der Waals surface area contributed by atoms with Crippen molar-refractivity contribution in [1.29, 1.82) is 5.26 Å². The standard InChI is InChI=1S/C11H15N3S/c1-3-15-8-9(2)13-11-6-4-5-10(7-12)14-11/h4-6,9H,3,8H2,1-2H3,(H,13,14). The number of nitriles is 1. The van der Waals surface area contributed by atoms with Crippen LogP contribution in [0.15, 0.2) is 18.2 Å². The van der Waals surface area contributed by atoms with E-state index in [0.717, 1.165) is 17.3 Å². The van der Waals surface area contributed by atoms with Crippen LogP contribution < -0.4 is 5.32 Å². The lowest BCUT2D eigenvalue weighted by molar-refractivity contribution is 0.901. The molecule has 0 aliphatic rings. The van der Waals surface area contributed by atoms with Crippen LogP contribution in [0.25, 0.3) is 0 Å². The highest BCUT2D eigenvalue weighted by molar-refractivity contribution is 7.99. The average Bonchev–Trinajstić information content (AvgIpc) is 2.26. The zero-order valence-electron chi connectivity index (χ0n) is 9.03. The molecular formula is C11H15N3S. The van der Waals surface area contributed by atoms with Gasteiger partial charge in [-0.15, -0.1) is 0 Å².